The maximum absolute atomic E-state index is 6.50. The van der Waals surface area contributed by atoms with Gasteiger partial charge in [-0.25, -0.2) is 0 Å². The predicted octanol–water partition coefficient (Wildman–Crippen LogP) is 2.98. The third kappa shape index (κ3) is 2.01. The average Bonchev–Trinajstić information content (AvgIpc) is 2.46. The van der Waals surface area contributed by atoms with Crippen LogP contribution < -0.4 is 9.47 Å². The highest BCUT2D eigenvalue weighted by atomic mass is 35.5. The Morgan fingerprint density at radius 1 is 1.26 bits per heavy atom. The monoisotopic (exact) mass is 279 g/mol. The Hall–Kier alpha value is -1.52. The molecule has 0 atom stereocenters. The van der Waals surface area contributed by atoms with Crippen LogP contribution in [0.3, 0.4) is 0 Å². The quantitative estimate of drug-likeness (QED) is 0.847. The molecule has 0 amide bonds. The summed E-state index contributed by atoms with van der Waals surface area (Å²) in [5.74, 6) is 1.38. The Morgan fingerprint density at radius 3 is 2.84 bits per heavy atom. The molecule has 1 aliphatic rings. The van der Waals surface area contributed by atoms with E-state index in [0.29, 0.717) is 29.7 Å². The standard InChI is InChI=1S/C14H14ClNO3/c1-17-8-5-11-13(12(6-8)18-2)14(15)9-7-19-4-3-10(9)16-11/h5-6H,3-4,7H2,1-2H3. The molecule has 0 bridgehead atoms. The van der Waals surface area contributed by atoms with Crippen LogP contribution in [0.4, 0.5) is 0 Å². The predicted molar refractivity (Wildman–Crippen MR) is 73.2 cm³/mol. The number of methoxy groups -OCH3 is 2. The van der Waals surface area contributed by atoms with E-state index in [9.17, 15) is 0 Å². The molecule has 2 aromatic rings. The van der Waals surface area contributed by atoms with Crippen LogP contribution in [0, 0.1) is 0 Å². The van der Waals surface area contributed by atoms with Gasteiger partial charge in [0.1, 0.15) is 11.5 Å². The van der Waals surface area contributed by atoms with E-state index >= 15 is 0 Å². The lowest BCUT2D eigenvalue weighted by Gasteiger charge is -2.19. The van der Waals surface area contributed by atoms with Gasteiger partial charge >= 0.3 is 0 Å². The van der Waals surface area contributed by atoms with E-state index in [4.69, 9.17) is 25.8 Å². The van der Waals surface area contributed by atoms with Crippen molar-refractivity contribution in [3.63, 3.8) is 0 Å². The van der Waals surface area contributed by atoms with Gasteiger partial charge in [0.2, 0.25) is 0 Å². The highest BCUT2D eigenvalue weighted by molar-refractivity contribution is 6.36. The van der Waals surface area contributed by atoms with Gasteiger partial charge in [0.25, 0.3) is 0 Å². The lowest BCUT2D eigenvalue weighted by molar-refractivity contribution is 0.109. The maximum atomic E-state index is 6.50. The number of hydrogen-bond donors (Lipinski definition) is 0. The first-order valence-electron chi connectivity index (χ1n) is 6.05. The molecule has 0 aliphatic carbocycles. The smallest absolute Gasteiger partial charge is 0.133 e. The fourth-order valence-electron chi connectivity index (χ4n) is 2.35. The third-order valence-electron chi connectivity index (χ3n) is 3.33. The molecule has 2 heterocycles. The van der Waals surface area contributed by atoms with Crippen molar-refractivity contribution < 1.29 is 14.2 Å². The second kappa shape index (κ2) is 4.87. The van der Waals surface area contributed by atoms with E-state index in [0.717, 1.165) is 28.6 Å². The largest absolute Gasteiger partial charge is 0.497 e. The van der Waals surface area contributed by atoms with Gasteiger partial charge in [-0.3, -0.25) is 4.98 Å². The van der Waals surface area contributed by atoms with E-state index in [2.05, 4.69) is 4.98 Å². The lowest BCUT2D eigenvalue weighted by atomic mass is 10.1. The minimum absolute atomic E-state index is 0.506. The molecule has 0 radical (unpaired) electrons. The third-order valence-corrected chi connectivity index (χ3v) is 3.75. The first kappa shape index (κ1) is 12.5. The van der Waals surface area contributed by atoms with Gasteiger partial charge in [0.05, 0.1) is 49.1 Å². The molecule has 4 nitrogen and oxygen atoms in total. The molecule has 0 unspecified atom stereocenters. The lowest BCUT2D eigenvalue weighted by Crippen LogP contribution is -2.12. The van der Waals surface area contributed by atoms with Crippen molar-refractivity contribution in [1.82, 2.24) is 4.98 Å². The Bertz CT molecular complexity index is 642. The summed E-state index contributed by atoms with van der Waals surface area (Å²) < 4.78 is 16.1. The molecule has 0 spiro atoms. The molecule has 0 saturated heterocycles. The Balaban J connectivity index is 2.34. The van der Waals surface area contributed by atoms with E-state index in [1.165, 1.54) is 0 Å². The molecular weight excluding hydrogens is 266 g/mol. The number of fused-ring (bicyclic) bond motifs is 2. The van der Waals surface area contributed by atoms with Crippen LogP contribution in [-0.2, 0) is 17.8 Å². The highest BCUT2D eigenvalue weighted by Crippen LogP contribution is 2.38. The van der Waals surface area contributed by atoms with Crippen LogP contribution in [0.1, 0.15) is 11.3 Å². The second-order valence-electron chi connectivity index (χ2n) is 4.38. The van der Waals surface area contributed by atoms with Crippen molar-refractivity contribution in [3.05, 3.63) is 28.4 Å². The molecule has 1 aliphatic heterocycles. The SMILES string of the molecule is COc1cc(OC)c2c(Cl)c3c(nc2c1)CCOC3. The molecule has 100 valence electrons. The number of rotatable bonds is 2. The van der Waals surface area contributed by atoms with Gasteiger partial charge in [-0.1, -0.05) is 11.6 Å². The van der Waals surface area contributed by atoms with Crippen molar-refractivity contribution in [3.8, 4) is 11.5 Å². The number of benzene rings is 1. The van der Waals surface area contributed by atoms with Crippen molar-refractivity contribution >= 4 is 22.5 Å². The maximum Gasteiger partial charge on any atom is 0.133 e. The molecule has 0 saturated carbocycles. The average molecular weight is 280 g/mol. The topological polar surface area (TPSA) is 40.6 Å². The first-order valence-corrected chi connectivity index (χ1v) is 6.43. The van der Waals surface area contributed by atoms with Crippen LogP contribution in [0.15, 0.2) is 12.1 Å². The van der Waals surface area contributed by atoms with Crippen LogP contribution in [-0.4, -0.2) is 25.8 Å². The molecule has 1 aromatic heterocycles. The Labute approximate surface area is 116 Å². The summed E-state index contributed by atoms with van der Waals surface area (Å²) in [6, 6.07) is 3.69. The minimum atomic E-state index is 0.506. The van der Waals surface area contributed by atoms with Crippen LogP contribution in [0.25, 0.3) is 10.9 Å². The molecule has 0 N–H and O–H groups in total. The summed E-state index contributed by atoms with van der Waals surface area (Å²) >= 11 is 6.50. The van der Waals surface area contributed by atoms with Gasteiger partial charge in [-0.2, -0.15) is 0 Å². The highest BCUT2D eigenvalue weighted by Gasteiger charge is 2.20. The normalized spacial score (nSPS) is 14.3. The van der Waals surface area contributed by atoms with E-state index in [-0.39, 0.29) is 0 Å². The van der Waals surface area contributed by atoms with E-state index < -0.39 is 0 Å². The number of ether oxygens (including phenoxy) is 3. The van der Waals surface area contributed by atoms with Crippen molar-refractivity contribution in [2.75, 3.05) is 20.8 Å². The summed E-state index contributed by atoms with van der Waals surface area (Å²) in [6.07, 6.45) is 0.782. The second-order valence-corrected chi connectivity index (χ2v) is 4.76. The number of pyridine rings is 1. The zero-order valence-corrected chi connectivity index (χ0v) is 11.6. The number of hydrogen-bond acceptors (Lipinski definition) is 4. The van der Waals surface area contributed by atoms with Crippen LogP contribution >= 0.6 is 11.6 Å². The van der Waals surface area contributed by atoms with Gasteiger partial charge in [0.15, 0.2) is 0 Å². The van der Waals surface area contributed by atoms with Gasteiger partial charge < -0.3 is 14.2 Å². The summed E-state index contributed by atoms with van der Waals surface area (Å²) in [6.45, 7) is 1.19. The van der Waals surface area contributed by atoms with Gasteiger partial charge in [-0.05, 0) is 0 Å². The molecule has 0 fully saturated rings. The molecule has 1 aromatic carbocycles. The zero-order chi connectivity index (χ0) is 13.4. The molecule has 5 heteroatoms. The Morgan fingerprint density at radius 2 is 2.11 bits per heavy atom. The van der Waals surface area contributed by atoms with Crippen molar-refractivity contribution in [2.45, 2.75) is 13.0 Å². The fraction of sp³-hybridized carbons (Fsp3) is 0.357. The minimum Gasteiger partial charge on any atom is -0.497 e. The number of aromatic nitrogens is 1. The Kier molecular flexibility index (Phi) is 3.21. The van der Waals surface area contributed by atoms with Gasteiger partial charge in [-0.15, -0.1) is 0 Å². The fourth-order valence-corrected chi connectivity index (χ4v) is 2.70. The van der Waals surface area contributed by atoms with Crippen LogP contribution in [0.5, 0.6) is 11.5 Å². The summed E-state index contributed by atoms with van der Waals surface area (Å²) in [5.41, 5.74) is 2.75. The van der Waals surface area contributed by atoms with Crippen molar-refractivity contribution in [2.24, 2.45) is 0 Å². The van der Waals surface area contributed by atoms with E-state index in [1.54, 1.807) is 14.2 Å². The first-order chi connectivity index (χ1) is 9.24. The van der Waals surface area contributed by atoms with Crippen molar-refractivity contribution in [1.29, 1.82) is 0 Å². The molecule has 3 rings (SSSR count). The zero-order valence-electron chi connectivity index (χ0n) is 10.8. The van der Waals surface area contributed by atoms with Crippen LogP contribution in [0.2, 0.25) is 5.02 Å². The summed E-state index contributed by atoms with van der Waals surface area (Å²) in [4.78, 5) is 4.67. The summed E-state index contributed by atoms with van der Waals surface area (Å²) in [7, 11) is 3.23. The number of halogens is 1. The van der Waals surface area contributed by atoms with Gasteiger partial charge in [0, 0.05) is 24.1 Å². The van der Waals surface area contributed by atoms with E-state index in [1.807, 2.05) is 12.1 Å². The molecular formula is C14H14ClNO3. The summed E-state index contributed by atoms with van der Waals surface area (Å²) in [5, 5.41) is 1.48. The number of nitrogens with zero attached hydrogens (tertiary/aromatic N) is 1. The molecule has 19 heavy (non-hydrogen) atoms.